The van der Waals surface area contributed by atoms with Crippen LogP contribution in [0.25, 0.3) is 10.9 Å². The minimum Gasteiger partial charge on any atom is -0.361 e. The Hall–Kier alpha value is -1.81. The van der Waals surface area contributed by atoms with Crippen molar-refractivity contribution in [2.45, 2.75) is 57.0 Å². The van der Waals surface area contributed by atoms with E-state index < -0.39 is 0 Å². The maximum atomic E-state index is 12.8. The fourth-order valence-corrected chi connectivity index (χ4v) is 4.84. The molecule has 1 aromatic carbocycles. The van der Waals surface area contributed by atoms with E-state index in [2.05, 4.69) is 52.3 Å². The Labute approximate surface area is 150 Å². The zero-order chi connectivity index (χ0) is 17.2. The van der Waals surface area contributed by atoms with Gasteiger partial charge in [-0.1, -0.05) is 18.2 Å². The molecule has 0 unspecified atom stereocenters. The summed E-state index contributed by atoms with van der Waals surface area (Å²) in [6.45, 7) is 2.14. The van der Waals surface area contributed by atoms with Crippen LogP contribution in [0.5, 0.6) is 0 Å². The molecular weight excluding hydrogens is 310 g/mol. The lowest BCUT2D eigenvalue weighted by molar-refractivity contribution is -0.133. The van der Waals surface area contributed by atoms with Crippen molar-refractivity contribution < 1.29 is 4.79 Å². The van der Waals surface area contributed by atoms with Crippen LogP contribution in [-0.4, -0.2) is 52.9 Å². The zero-order valence-corrected chi connectivity index (χ0v) is 15.2. The molecule has 1 amide bonds. The van der Waals surface area contributed by atoms with E-state index in [0.717, 1.165) is 19.4 Å². The number of hydrogen-bond donors (Lipinski definition) is 1. The van der Waals surface area contributed by atoms with Gasteiger partial charge < -0.3 is 14.8 Å². The summed E-state index contributed by atoms with van der Waals surface area (Å²) in [7, 11) is 2.22. The Bertz CT molecular complexity index is 738. The number of likely N-dealkylation sites (tertiary alicyclic amines) is 2. The third-order valence-electron chi connectivity index (χ3n) is 6.15. The van der Waals surface area contributed by atoms with Crippen molar-refractivity contribution in [1.29, 1.82) is 0 Å². The van der Waals surface area contributed by atoms with Crippen LogP contribution in [0.3, 0.4) is 0 Å². The molecule has 1 N–H and O–H groups in total. The summed E-state index contributed by atoms with van der Waals surface area (Å²) in [5.41, 5.74) is 2.52. The number of carbonyl (C=O) groups is 1. The molecule has 4 nitrogen and oxygen atoms in total. The molecule has 4 rings (SSSR count). The predicted octanol–water partition coefficient (Wildman–Crippen LogP) is 3.58. The maximum Gasteiger partial charge on any atom is 0.222 e. The lowest BCUT2D eigenvalue weighted by Crippen LogP contribution is -2.47. The molecule has 2 aromatic rings. The van der Waals surface area contributed by atoms with Crippen LogP contribution in [0.15, 0.2) is 30.5 Å². The van der Waals surface area contributed by atoms with Crippen molar-refractivity contribution in [1.82, 2.24) is 14.8 Å². The van der Waals surface area contributed by atoms with Gasteiger partial charge in [-0.25, -0.2) is 0 Å². The first kappa shape index (κ1) is 16.6. The van der Waals surface area contributed by atoms with Crippen molar-refractivity contribution in [2.75, 3.05) is 20.1 Å². The van der Waals surface area contributed by atoms with Crippen LogP contribution in [-0.2, 0) is 11.2 Å². The number of nitrogens with zero attached hydrogens (tertiary/aromatic N) is 2. The first-order valence-corrected chi connectivity index (χ1v) is 9.79. The van der Waals surface area contributed by atoms with Crippen LogP contribution in [0.2, 0.25) is 0 Å². The Kier molecular flexibility index (Phi) is 4.80. The summed E-state index contributed by atoms with van der Waals surface area (Å²) in [5.74, 6) is 0.364. The molecule has 134 valence electrons. The highest BCUT2D eigenvalue weighted by Gasteiger charge is 2.37. The Morgan fingerprint density at radius 2 is 1.96 bits per heavy atom. The molecule has 0 saturated carbocycles. The number of hydrogen-bond acceptors (Lipinski definition) is 2. The molecule has 0 aliphatic carbocycles. The van der Waals surface area contributed by atoms with E-state index >= 15 is 0 Å². The van der Waals surface area contributed by atoms with Gasteiger partial charge in [0.15, 0.2) is 0 Å². The minimum absolute atomic E-state index is 0.364. The Morgan fingerprint density at radius 1 is 1.16 bits per heavy atom. The molecule has 2 aliphatic rings. The normalized spacial score (nSPS) is 24.4. The third kappa shape index (κ3) is 3.32. The molecule has 2 fully saturated rings. The summed E-state index contributed by atoms with van der Waals surface area (Å²) in [4.78, 5) is 20.8. The van der Waals surface area contributed by atoms with E-state index in [4.69, 9.17) is 0 Å². The van der Waals surface area contributed by atoms with Gasteiger partial charge in [-0.05, 0) is 63.7 Å². The number of aryl methyl sites for hydroxylation is 1. The number of carbonyl (C=O) groups excluding carboxylic acids is 1. The molecular formula is C21H29N3O. The molecule has 2 aliphatic heterocycles. The molecule has 0 bridgehead atoms. The fraction of sp³-hybridized carbons (Fsp3) is 0.571. The molecule has 2 saturated heterocycles. The van der Waals surface area contributed by atoms with Crippen LogP contribution >= 0.6 is 0 Å². The van der Waals surface area contributed by atoms with Crippen LogP contribution in [0, 0.1) is 0 Å². The highest BCUT2D eigenvalue weighted by Crippen LogP contribution is 2.29. The standard InChI is InChI=1S/C21H29N3O/c1-23-13-5-10-19(23)20-11-6-14-24(20)21(25)12-4-7-16-15-22-18-9-3-2-8-17(16)18/h2-3,8-9,15,19-20,22H,4-7,10-14H2,1H3/t19-,20-/m1/s1. The van der Waals surface area contributed by atoms with E-state index in [1.807, 2.05) is 0 Å². The fourth-order valence-electron chi connectivity index (χ4n) is 4.84. The second-order valence-corrected chi connectivity index (χ2v) is 7.70. The van der Waals surface area contributed by atoms with Gasteiger partial charge in [0.25, 0.3) is 0 Å². The van der Waals surface area contributed by atoms with Crippen molar-refractivity contribution in [3.63, 3.8) is 0 Å². The third-order valence-corrected chi connectivity index (χ3v) is 6.15. The highest BCUT2D eigenvalue weighted by molar-refractivity contribution is 5.83. The minimum atomic E-state index is 0.364. The highest BCUT2D eigenvalue weighted by atomic mass is 16.2. The number of amides is 1. The molecule has 4 heteroatoms. The number of nitrogens with one attached hydrogen (secondary N) is 1. The smallest absolute Gasteiger partial charge is 0.222 e. The van der Waals surface area contributed by atoms with Gasteiger partial charge in [-0.15, -0.1) is 0 Å². The second-order valence-electron chi connectivity index (χ2n) is 7.70. The molecule has 0 radical (unpaired) electrons. The summed E-state index contributed by atoms with van der Waals surface area (Å²) in [5, 5.41) is 1.29. The predicted molar refractivity (Wildman–Crippen MR) is 102 cm³/mol. The van der Waals surface area contributed by atoms with Crippen molar-refractivity contribution in [3.8, 4) is 0 Å². The number of fused-ring (bicyclic) bond motifs is 1. The van der Waals surface area contributed by atoms with Crippen molar-refractivity contribution >= 4 is 16.8 Å². The first-order chi connectivity index (χ1) is 12.2. The second kappa shape index (κ2) is 7.20. The van der Waals surface area contributed by atoms with Gasteiger partial charge >= 0.3 is 0 Å². The summed E-state index contributed by atoms with van der Waals surface area (Å²) >= 11 is 0. The Morgan fingerprint density at radius 3 is 2.80 bits per heavy atom. The number of para-hydroxylation sites is 1. The van der Waals surface area contributed by atoms with Gasteiger partial charge in [0.05, 0.1) is 0 Å². The number of aromatic nitrogens is 1. The van der Waals surface area contributed by atoms with E-state index in [9.17, 15) is 4.79 Å². The lowest BCUT2D eigenvalue weighted by Gasteiger charge is -2.33. The van der Waals surface area contributed by atoms with Crippen LogP contribution in [0.1, 0.15) is 44.1 Å². The number of benzene rings is 1. The number of likely N-dealkylation sites (N-methyl/N-ethyl adjacent to an activating group) is 1. The van der Waals surface area contributed by atoms with Gasteiger partial charge in [-0.2, -0.15) is 0 Å². The lowest BCUT2D eigenvalue weighted by atomic mass is 10.0. The van der Waals surface area contributed by atoms with E-state index in [-0.39, 0.29) is 0 Å². The summed E-state index contributed by atoms with van der Waals surface area (Å²) < 4.78 is 0. The quantitative estimate of drug-likeness (QED) is 0.904. The topological polar surface area (TPSA) is 39.3 Å². The average Bonchev–Trinajstić information content (AvgIpc) is 3.34. The largest absolute Gasteiger partial charge is 0.361 e. The van der Waals surface area contributed by atoms with Gasteiger partial charge in [0.1, 0.15) is 0 Å². The average molecular weight is 339 g/mol. The van der Waals surface area contributed by atoms with Crippen molar-refractivity contribution in [2.24, 2.45) is 0 Å². The number of H-pyrrole nitrogens is 1. The van der Waals surface area contributed by atoms with Crippen LogP contribution in [0.4, 0.5) is 0 Å². The number of aromatic amines is 1. The monoisotopic (exact) mass is 339 g/mol. The molecule has 2 atom stereocenters. The molecule has 3 heterocycles. The van der Waals surface area contributed by atoms with Crippen molar-refractivity contribution in [3.05, 3.63) is 36.0 Å². The zero-order valence-electron chi connectivity index (χ0n) is 15.2. The summed E-state index contributed by atoms with van der Waals surface area (Å²) in [6.07, 6.45) is 9.56. The first-order valence-electron chi connectivity index (χ1n) is 9.79. The van der Waals surface area contributed by atoms with E-state index in [1.165, 1.54) is 48.7 Å². The maximum absolute atomic E-state index is 12.8. The Balaban J connectivity index is 1.34. The van der Waals surface area contributed by atoms with Crippen LogP contribution < -0.4 is 0 Å². The van der Waals surface area contributed by atoms with Gasteiger partial charge in [-0.3, -0.25) is 4.79 Å². The van der Waals surface area contributed by atoms with Gasteiger partial charge in [0, 0.05) is 42.1 Å². The summed E-state index contributed by atoms with van der Waals surface area (Å²) in [6, 6.07) is 9.44. The SMILES string of the molecule is CN1CCC[C@@H]1[C@H]1CCCN1C(=O)CCCc1c[nH]c2ccccc12. The van der Waals surface area contributed by atoms with E-state index in [1.54, 1.807) is 0 Å². The number of rotatable bonds is 5. The molecule has 0 spiro atoms. The molecule has 25 heavy (non-hydrogen) atoms. The van der Waals surface area contributed by atoms with Gasteiger partial charge in [0.2, 0.25) is 5.91 Å². The molecule has 1 aromatic heterocycles. The van der Waals surface area contributed by atoms with E-state index in [0.29, 0.717) is 24.4 Å².